The summed E-state index contributed by atoms with van der Waals surface area (Å²) in [6.45, 7) is 4.98. The average molecular weight is 378 g/mol. The van der Waals surface area contributed by atoms with Crippen LogP contribution in [0, 0.1) is 5.82 Å². The smallest absolute Gasteiger partial charge is 0.247 e. The Balaban J connectivity index is 1.41. The van der Waals surface area contributed by atoms with E-state index in [4.69, 9.17) is 0 Å². The number of para-hydroxylation sites is 1. The van der Waals surface area contributed by atoms with E-state index in [0.717, 1.165) is 12.1 Å². The zero-order valence-corrected chi connectivity index (χ0v) is 15.8. The molecule has 1 aliphatic rings. The van der Waals surface area contributed by atoms with Crippen molar-refractivity contribution in [3.63, 3.8) is 0 Å². The van der Waals surface area contributed by atoms with Gasteiger partial charge in [0, 0.05) is 31.9 Å². The third-order valence-corrected chi connectivity index (χ3v) is 4.94. The molecule has 1 aromatic heterocycles. The fourth-order valence-corrected chi connectivity index (χ4v) is 3.32. The number of hydrogen-bond acceptors (Lipinski definition) is 6. The van der Waals surface area contributed by atoms with E-state index in [-0.39, 0.29) is 5.82 Å². The van der Waals surface area contributed by atoms with Gasteiger partial charge in [0.25, 0.3) is 0 Å². The zero-order valence-electron chi connectivity index (χ0n) is 15.8. The zero-order chi connectivity index (χ0) is 19.3. The Morgan fingerprint density at radius 1 is 0.964 bits per heavy atom. The van der Waals surface area contributed by atoms with Gasteiger partial charge in [-0.3, -0.25) is 0 Å². The Labute approximate surface area is 164 Å². The normalized spacial score (nSPS) is 14.2. The number of rotatable bonds is 5. The Morgan fingerprint density at radius 3 is 2.39 bits per heavy atom. The minimum absolute atomic E-state index is 0.186. The third kappa shape index (κ3) is 4.03. The van der Waals surface area contributed by atoms with Crippen LogP contribution in [0.25, 0.3) is 0 Å². The molecule has 3 aromatic rings. The first kappa shape index (κ1) is 18.2. The fraction of sp³-hybridized carbons (Fsp3) is 0.286. The van der Waals surface area contributed by atoms with Crippen molar-refractivity contribution in [2.24, 2.45) is 0 Å². The molecule has 0 bridgehead atoms. The van der Waals surface area contributed by atoms with Crippen LogP contribution in [0.15, 0.2) is 54.7 Å². The Morgan fingerprint density at radius 2 is 1.68 bits per heavy atom. The number of aromatic nitrogens is 3. The number of nitrogens with one attached hydrogen (secondary N) is 1. The molecule has 0 spiro atoms. The summed E-state index contributed by atoms with van der Waals surface area (Å²) in [4.78, 5) is 8.73. The summed E-state index contributed by atoms with van der Waals surface area (Å²) >= 11 is 0. The second-order valence-electron chi connectivity index (χ2n) is 6.74. The van der Waals surface area contributed by atoms with Gasteiger partial charge in [-0.05, 0) is 36.2 Å². The van der Waals surface area contributed by atoms with Gasteiger partial charge in [-0.1, -0.05) is 31.2 Å². The molecule has 144 valence electrons. The summed E-state index contributed by atoms with van der Waals surface area (Å²) in [7, 11) is 0. The number of nitrogens with zero attached hydrogens (tertiary/aromatic N) is 5. The van der Waals surface area contributed by atoms with Gasteiger partial charge >= 0.3 is 0 Å². The second-order valence-corrected chi connectivity index (χ2v) is 6.74. The van der Waals surface area contributed by atoms with Gasteiger partial charge < -0.3 is 15.1 Å². The maximum absolute atomic E-state index is 14.0. The lowest BCUT2D eigenvalue weighted by molar-refractivity contribution is 0.592. The van der Waals surface area contributed by atoms with E-state index in [0.29, 0.717) is 43.6 Å². The van der Waals surface area contributed by atoms with Crippen LogP contribution in [0.2, 0.25) is 0 Å². The van der Waals surface area contributed by atoms with Crippen molar-refractivity contribution in [2.75, 3.05) is 41.3 Å². The van der Waals surface area contributed by atoms with Crippen molar-refractivity contribution in [3.8, 4) is 0 Å². The van der Waals surface area contributed by atoms with E-state index < -0.39 is 0 Å². The van der Waals surface area contributed by atoms with Crippen molar-refractivity contribution in [1.82, 2.24) is 15.2 Å². The van der Waals surface area contributed by atoms with E-state index >= 15 is 0 Å². The van der Waals surface area contributed by atoms with Gasteiger partial charge in [0.1, 0.15) is 5.82 Å². The first-order valence-electron chi connectivity index (χ1n) is 9.53. The summed E-state index contributed by atoms with van der Waals surface area (Å²) in [5, 5.41) is 11.5. The average Bonchev–Trinajstić information content (AvgIpc) is 2.75. The van der Waals surface area contributed by atoms with Crippen molar-refractivity contribution in [1.29, 1.82) is 0 Å². The van der Waals surface area contributed by atoms with E-state index in [2.05, 4.69) is 49.4 Å². The molecule has 0 aliphatic carbocycles. The molecule has 2 aromatic carbocycles. The van der Waals surface area contributed by atoms with E-state index in [9.17, 15) is 4.39 Å². The summed E-state index contributed by atoms with van der Waals surface area (Å²) in [6, 6.07) is 15.2. The number of aryl methyl sites for hydroxylation is 1. The van der Waals surface area contributed by atoms with Crippen LogP contribution in [0.4, 0.5) is 27.5 Å². The number of anilines is 4. The number of hydrogen-bond donors (Lipinski definition) is 1. The predicted molar refractivity (Wildman–Crippen MR) is 110 cm³/mol. The molecule has 0 atom stereocenters. The Kier molecular flexibility index (Phi) is 5.32. The molecular weight excluding hydrogens is 355 g/mol. The van der Waals surface area contributed by atoms with Gasteiger partial charge in [0.05, 0.1) is 11.9 Å². The fourth-order valence-electron chi connectivity index (χ4n) is 3.32. The summed E-state index contributed by atoms with van der Waals surface area (Å²) < 4.78 is 14.0. The highest BCUT2D eigenvalue weighted by molar-refractivity contribution is 5.57. The highest BCUT2D eigenvalue weighted by Crippen LogP contribution is 2.22. The molecule has 7 heteroatoms. The van der Waals surface area contributed by atoms with Crippen LogP contribution in [0.1, 0.15) is 12.5 Å². The molecule has 1 saturated heterocycles. The lowest BCUT2D eigenvalue weighted by atomic mass is 10.1. The molecule has 1 fully saturated rings. The topological polar surface area (TPSA) is 57.2 Å². The van der Waals surface area contributed by atoms with Crippen molar-refractivity contribution >= 4 is 23.1 Å². The standard InChI is InChI=1S/C21H23FN6/c1-2-16-7-9-17(10-8-16)24-20-15-23-26-21(25-20)28-13-11-27(12-14-28)19-6-4-3-5-18(19)22/h3-10,15H,2,11-14H2,1H3,(H,24,25,26). The van der Waals surface area contributed by atoms with Gasteiger partial charge in [-0.15, -0.1) is 5.10 Å². The Bertz CT molecular complexity index is 922. The first-order valence-corrected chi connectivity index (χ1v) is 9.53. The molecule has 6 nitrogen and oxygen atoms in total. The molecule has 0 unspecified atom stereocenters. The molecule has 0 amide bonds. The molecule has 0 radical (unpaired) electrons. The summed E-state index contributed by atoms with van der Waals surface area (Å²) in [5.41, 5.74) is 2.90. The lowest BCUT2D eigenvalue weighted by Crippen LogP contribution is -2.47. The molecule has 0 saturated carbocycles. The highest BCUT2D eigenvalue weighted by Gasteiger charge is 2.21. The molecule has 4 rings (SSSR count). The van der Waals surface area contributed by atoms with Crippen molar-refractivity contribution in [3.05, 3.63) is 66.1 Å². The number of halogens is 1. The Hall–Kier alpha value is -3.22. The van der Waals surface area contributed by atoms with Crippen LogP contribution >= 0.6 is 0 Å². The minimum atomic E-state index is -0.186. The molecule has 28 heavy (non-hydrogen) atoms. The molecule has 1 aliphatic heterocycles. The van der Waals surface area contributed by atoms with Crippen LogP contribution in [-0.4, -0.2) is 41.4 Å². The lowest BCUT2D eigenvalue weighted by Gasteiger charge is -2.36. The summed E-state index contributed by atoms with van der Waals surface area (Å²) in [6.07, 6.45) is 2.63. The largest absolute Gasteiger partial charge is 0.366 e. The minimum Gasteiger partial charge on any atom is -0.366 e. The number of piperazine rings is 1. The summed E-state index contributed by atoms with van der Waals surface area (Å²) in [5.74, 6) is 1.06. The van der Waals surface area contributed by atoms with E-state index in [1.807, 2.05) is 24.3 Å². The third-order valence-electron chi connectivity index (χ3n) is 4.94. The second kappa shape index (κ2) is 8.21. The van der Waals surface area contributed by atoms with Crippen LogP contribution in [-0.2, 0) is 6.42 Å². The van der Waals surface area contributed by atoms with Crippen molar-refractivity contribution < 1.29 is 4.39 Å². The molecular formula is C21H23FN6. The van der Waals surface area contributed by atoms with Gasteiger partial charge in [-0.2, -0.15) is 10.1 Å². The van der Waals surface area contributed by atoms with Crippen LogP contribution in [0.3, 0.4) is 0 Å². The first-order chi connectivity index (χ1) is 13.7. The quantitative estimate of drug-likeness (QED) is 0.732. The predicted octanol–water partition coefficient (Wildman–Crippen LogP) is 3.64. The SMILES string of the molecule is CCc1ccc(Nc2cnnc(N3CCN(c4ccccc4F)CC3)n2)cc1. The maximum Gasteiger partial charge on any atom is 0.247 e. The van der Waals surface area contributed by atoms with Crippen LogP contribution < -0.4 is 15.1 Å². The highest BCUT2D eigenvalue weighted by atomic mass is 19.1. The van der Waals surface area contributed by atoms with E-state index in [1.165, 1.54) is 11.6 Å². The van der Waals surface area contributed by atoms with Gasteiger partial charge in [0.15, 0.2) is 5.82 Å². The van der Waals surface area contributed by atoms with E-state index in [1.54, 1.807) is 12.3 Å². The van der Waals surface area contributed by atoms with Crippen LogP contribution in [0.5, 0.6) is 0 Å². The van der Waals surface area contributed by atoms with Gasteiger partial charge in [0.2, 0.25) is 5.95 Å². The molecule has 1 N–H and O–H groups in total. The monoisotopic (exact) mass is 378 g/mol. The van der Waals surface area contributed by atoms with Gasteiger partial charge in [-0.25, -0.2) is 4.39 Å². The molecule has 2 heterocycles. The maximum atomic E-state index is 14.0. The number of benzene rings is 2. The van der Waals surface area contributed by atoms with Crippen molar-refractivity contribution in [2.45, 2.75) is 13.3 Å².